The second kappa shape index (κ2) is 9.63. The molecule has 4 rings (SSSR count). The molecule has 0 aliphatic carbocycles. The fraction of sp³-hybridized carbons (Fsp3) is 0.545. The van der Waals surface area contributed by atoms with E-state index in [0.717, 1.165) is 41.8 Å². The van der Waals surface area contributed by atoms with E-state index in [1.165, 1.54) is 32.4 Å². The van der Waals surface area contributed by atoms with Gasteiger partial charge in [0.15, 0.2) is 0 Å². The number of nitrogens with zero attached hydrogens (tertiary/aromatic N) is 5. The summed E-state index contributed by atoms with van der Waals surface area (Å²) in [6.45, 7) is 10.0. The summed E-state index contributed by atoms with van der Waals surface area (Å²) in [5.74, 6) is 0. The van der Waals surface area contributed by atoms with E-state index in [1.54, 1.807) is 0 Å². The first-order valence-electron chi connectivity index (χ1n) is 10.7. The van der Waals surface area contributed by atoms with Crippen molar-refractivity contribution in [1.82, 2.24) is 23.6 Å². The van der Waals surface area contributed by atoms with Crippen molar-refractivity contribution in [3.05, 3.63) is 41.2 Å². The van der Waals surface area contributed by atoms with Crippen LogP contribution in [0.1, 0.15) is 39.5 Å². The number of halogens is 1. The van der Waals surface area contributed by atoms with Crippen LogP contribution in [-0.4, -0.2) is 43.2 Å². The number of hydrogen-bond donors (Lipinski definition) is 0. The summed E-state index contributed by atoms with van der Waals surface area (Å²) < 4.78 is 5.95. The van der Waals surface area contributed by atoms with E-state index in [1.807, 2.05) is 35.5 Å². The van der Waals surface area contributed by atoms with E-state index >= 15 is 0 Å². The summed E-state index contributed by atoms with van der Waals surface area (Å²) in [5, 5.41) is 0. The lowest BCUT2D eigenvalue weighted by atomic mass is 10.1. The number of benzene rings is 1. The smallest absolute Gasteiger partial charge is 0.329 e. The van der Waals surface area contributed by atoms with Crippen molar-refractivity contribution >= 4 is 23.4 Å². The van der Waals surface area contributed by atoms with E-state index in [0.29, 0.717) is 13.1 Å². The summed E-state index contributed by atoms with van der Waals surface area (Å²) in [6, 6.07) is 6.34. The largest absolute Gasteiger partial charge is 0.331 e. The first kappa shape index (κ1) is 21.7. The first-order chi connectivity index (χ1) is 13.7. The Labute approximate surface area is 178 Å². The fourth-order valence-corrected chi connectivity index (χ4v) is 4.48. The Morgan fingerprint density at radius 3 is 2.41 bits per heavy atom. The molecule has 1 fully saturated rings. The standard InChI is InChI=1S/C22H31N5O.ClH/c1-3-26-19-10-9-18(15-20(19)27(4-2)22(26)28)21-16-23-17-25(21)14-8-13-24-11-6-5-7-12-24;/h9-10,15-17H,3-8,11-14H2,1-2H3;1H. The molecule has 0 saturated carbocycles. The molecular formula is C22H32ClN5O. The molecule has 0 spiro atoms. The predicted molar refractivity (Wildman–Crippen MR) is 121 cm³/mol. The highest BCUT2D eigenvalue weighted by Gasteiger charge is 2.14. The van der Waals surface area contributed by atoms with Gasteiger partial charge in [-0.15, -0.1) is 12.4 Å². The molecule has 0 N–H and O–H groups in total. The fourth-order valence-electron chi connectivity index (χ4n) is 4.48. The number of aromatic nitrogens is 4. The SMILES string of the molecule is CCn1c(=O)n(CC)c2cc(-c3cncn3CCCN3CCCCC3)ccc21.Cl. The number of likely N-dealkylation sites (tertiary alicyclic amines) is 1. The first-order valence-corrected chi connectivity index (χ1v) is 10.7. The van der Waals surface area contributed by atoms with E-state index < -0.39 is 0 Å². The molecule has 2 aromatic heterocycles. The summed E-state index contributed by atoms with van der Waals surface area (Å²) in [5.41, 5.74) is 4.34. The lowest BCUT2D eigenvalue weighted by molar-refractivity contribution is 0.223. The van der Waals surface area contributed by atoms with Crippen LogP contribution in [0.4, 0.5) is 0 Å². The van der Waals surface area contributed by atoms with Gasteiger partial charge < -0.3 is 9.47 Å². The Kier molecular flexibility index (Phi) is 7.19. The van der Waals surface area contributed by atoms with Gasteiger partial charge in [-0.3, -0.25) is 9.13 Å². The maximum absolute atomic E-state index is 12.6. The van der Waals surface area contributed by atoms with Crippen molar-refractivity contribution in [3.8, 4) is 11.3 Å². The molecule has 6 nitrogen and oxygen atoms in total. The zero-order chi connectivity index (χ0) is 19.5. The minimum absolute atomic E-state index is 0. The molecule has 0 radical (unpaired) electrons. The zero-order valence-corrected chi connectivity index (χ0v) is 18.3. The van der Waals surface area contributed by atoms with Crippen LogP contribution in [0.15, 0.2) is 35.5 Å². The molecule has 0 unspecified atom stereocenters. The molecule has 1 aliphatic heterocycles. The second-order valence-electron chi connectivity index (χ2n) is 7.70. The van der Waals surface area contributed by atoms with Gasteiger partial charge in [-0.05, 0) is 64.9 Å². The Morgan fingerprint density at radius 2 is 1.69 bits per heavy atom. The minimum atomic E-state index is 0. The third-order valence-electron chi connectivity index (χ3n) is 5.98. The molecule has 0 amide bonds. The highest BCUT2D eigenvalue weighted by atomic mass is 35.5. The van der Waals surface area contributed by atoms with Crippen LogP contribution in [0.2, 0.25) is 0 Å². The molecule has 3 heterocycles. The Bertz CT molecular complexity index is 996. The molecule has 1 aromatic carbocycles. The van der Waals surface area contributed by atoms with Crippen molar-refractivity contribution in [1.29, 1.82) is 0 Å². The van der Waals surface area contributed by atoms with Crippen LogP contribution < -0.4 is 5.69 Å². The molecule has 7 heteroatoms. The van der Waals surface area contributed by atoms with Gasteiger partial charge in [0.25, 0.3) is 0 Å². The van der Waals surface area contributed by atoms with Crippen LogP contribution in [-0.2, 0) is 19.6 Å². The Morgan fingerprint density at radius 1 is 0.966 bits per heavy atom. The summed E-state index contributed by atoms with van der Waals surface area (Å²) in [4.78, 5) is 19.6. The van der Waals surface area contributed by atoms with Crippen molar-refractivity contribution in [3.63, 3.8) is 0 Å². The van der Waals surface area contributed by atoms with Gasteiger partial charge in [-0.2, -0.15) is 0 Å². The summed E-state index contributed by atoms with van der Waals surface area (Å²) in [7, 11) is 0. The molecule has 3 aromatic rings. The minimum Gasteiger partial charge on any atom is -0.331 e. The highest BCUT2D eigenvalue weighted by Crippen LogP contribution is 2.24. The molecule has 1 aliphatic rings. The summed E-state index contributed by atoms with van der Waals surface area (Å²) >= 11 is 0. The van der Waals surface area contributed by atoms with E-state index in [4.69, 9.17) is 0 Å². The van der Waals surface area contributed by atoms with Crippen molar-refractivity contribution in [2.45, 2.75) is 59.2 Å². The quantitative estimate of drug-likeness (QED) is 0.583. The molecule has 0 atom stereocenters. The average molecular weight is 418 g/mol. The van der Waals surface area contributed by atoms with Crippen LogP contribution >= 0.6 is 12.4 Å². The van der Waals surface area contributed by atoms with Crippen molar-refractivity contribution < 1.29 is 0 Å². The van der Waals surface area contributed by atoms with E-state index in [9.17, 15) is 4.79 Å². The molecule has 1 saturated heterocycles. The Balaban J connectivity index is 0.00000240. The normalized spacial score (nSPS) is 15.0. The second-order valence-corrected chi connectivity index (χ2v) is 7.70. The number of fused-ring (bicyclic) bond motifs is 1. The van der Waals surface area contributed by atoms with Gasteiger partial charge >= 0.3 is 5.69 Å². The third kappa shape index (κ3) is 4.28. The van der Waals surface area contributed by atoms with E-state index in [-0.39, 0.29) is 18.1 Å². The number of imidazole rings is 2. The molecule has 0 bridgehead atoms. The zero-order valence-electron chi connectivity index (χ0n) is 17.5. The highest BCUT2D eigenvalue weighted by molar-refractivity contribution is 5.85. The number of rotatable bonds is 7. The van der Waals surface area contributed by atoms with Crippen LogP contribution in [0.3, 0.4) is 0 Å². The van der Waals surface area contributed by atoms with Crippen LogP contribution in [0.25, 0.3) is 22.3 Å². The molecule has 158 valence electrons. The number of hydrogen-bond acceptors (Lipinski definition) is 3. The number of aryl methyl sites for hydroxylation is 3. The maximum atomic E-state index is 12.6. The van der Waals surface area contributed by atoms with Gasteiger partial charge in [-0.1, -0.05) is 12.5 Å². The lowest BCUT2D eigenvalue weighted by Crippen LogP contribution is -2.31. The van der Waals surface area contributed by atoms with Crippen molar-refractivity contribution in [2.75, 3.05) is 19.6 Å². The van der Waals surface area contributed by atoms with Gasteiger partial charge in [0.2, 0.25) is 0 Å². The average Bonchev–Trinajstić information content (AvgIpc) is 3.29. The number of piperidine rings is 1. The van der Waals surface area contributed by atoms with E-state index in [2.05, 4.69) is 32.7 Å². The predicted octanol–water partition coefficient (Wildman–Crippen LogP) is 4.00. The maximum Gasteiger partial charge on any atom is 0.329 e. The van der Waals surface area contributed by atoms with Gasteiger partial charge in [0, 0.05) is 25.2 Å². The molecular weight excluding hydrogens is 386 g/mol. The van der Waals surface area contributed by atoms with Crippen LogP contribution in [0, 0.1) is 0 Å². The van der Waals surface area contributed by atoms with Gasteiger partial charge in [0.1, 0.15) is 0 Å². The lowest BCUT2D eigenvalue weighted by Gasteiger charge is -2.26. The third-order valence-corrected chi connectivity index (χ3v) is 5.98. The van der Waals surface area contributed by atoms with Gasteiger partial charge in [-0.25, -0.2) is 9.78 Å². The van der Waals surface area contributed by atoms with Crippen molar-refractivity contribution in [2.24, 2.45) is 0 Å². The molecule has 29 heavy (non-hydrogen) atoms. The summed E-state index contributed by atoms with van der Waals surface area (Å²) in [6.07, 6.45) is 9.07. The Hall–Kier alpha value is -2.05. The van der Waals surface area contributed by atoms with Crippen LogP contribution in [0.5, 0.6) is 0 Å². The topological polar surface area (TPSA) is 48.0 Å². The van der Waals surface area contributed by atoms with Gasteiger partial charge in [0.05, 0.1) is 29.3 Å². The monoisotopic (exact) mass is 417 g/mol.